The lowest BCUT2D eigenvalue weighted by molar-refractivity contribution is -0.384. The number of hydrogen-bond acceptors (Lipinski definition) is 4. The van der Waals surface area contributed by atoms with Crippen LogP contribution in [0.5, 0.6) is 5.75 Å². The topological polar surface area (TPSA) is 75.4 Å². The summed E-state index contributed by atoms with van der Waals surface area (Å²) in [4.78, 5) is 10.2. The third-order valence-corrected chi connectivity index (χ3v) is 3.25. The number of nitro groups is 1. The molecule has 110 valence electrons. The summed E-state index contributed by atoms with van der Waals surface area (Å²) < 4.78 is 13.3. The molecule has 0 bridgehead atoms. The number of anilines is 1. The predicted molar refractivity (Wildman–Crippen MR) is 77.9 cm³/mol. The van der Waals surface area contributed by atoms with Gasteiger partial charge in [-0.15, -0.1) is 0 Å². The Bertz CT molecular complexity index is 689. The minimum absolute atomic E-state index is 0.00374. The third kappa shape index (κ3) is 3.28. The van der Waals surface area contributed by atoms with E-state index < -0.39 is 10.7 Å². The van der Waals surface area contributed by atoms with Crippen LogP contribution in [0.4, 0.5) is 15.8 Å². The van der Waals surface area contributed by atoms with E-state index in [1.54, 1.807) is 19.9 Å². The van der Waals surface area contributed by atoms with Crippen LogP contribution in [-0.4, -0.2) is 10.0 Å². The fourth-order valence-corrected chi connectivity index (χ4v) is 2.11. The quantitative estimate of drug-likeness (QED) is 0.661. The molecule has 0 heterocycles. The van der Waals surface area contributed by atoms with Crippen molar-refractivity contribution in [2.45, 2.75) is 19.9 Å². The van der Waals surface area contributed by atoms with Gasteiger partial charge in [0.15, 0.2) is 0 Å². The monoisotopic (exact) mass is 290 g/mol. The number of aryl methyl sites for hydroxylation is 1. The van der Waals surface area contributed by atoms with Gasteiger partial charge in [-0.2, -0.15) is 0 Å². The fourth-order valence-electron chi connectivity index (χ4n) is 2.11. The van der Waals surface area contributed by atoms with Gasteiger partial charge >= 0.3 is 0 Å². The Balaban J connectivity index is 2.25. The average Bonchev–Trinajstić information content (AvgIpc) is 2.43. The van der Waals surface area contributed by atoms with Gasteiger partial charge in [-0.25, -0.2) is 4.39 Å². The first kappa shape index (κ1) is 14.8. The van der Waals surface area contributed by atoms with Crippen molar-refractivity contribution in [1.29, 1.82) is 0 Å². The Morgan fingerprint density at radius 1 is 1.29 bits per heavy atom. The lowest BCUT2D eigenvalue weighted by atomic mass is 10.1. The molecule has 0 radical (unpaired) electrons. The highest BCUT2D eigenvalue weighted by molar-refractivity contribution is 5.57. The summed E-state index contributed by atoms with van der Waals surface area (Å²) in [5.41, 5.74) is 1.83. The summed E-state index contributed by atoms with van der Waals surface area (Å²) in [5.74, 6) is -0.437. The van der Waals surface area contributed by atoms with Crippen molar-refractivity contribution < 1.29 is 14.4 Å². The van der Waals surface area contributed by atoms with Crippen molar-refractivity contribution >= 4 is 11.4 Å². The molecule has 2 rings (SSSR count). The molecule has 21 heavy (non-hydrogen) atoms. The van der Waals surface area contributed by atoms with Gasteiger partial charge in [0.2, 0.25) is 0 Å². The zero-order valence-corrected chi connectivity index (χ0v) is 11.6. The highest BCUT2D eigenvalue weighted by Gasteiger charge is 2.14. The van der Waals surface area contributed by atoms with E-state index in [0.29, 0.717) is 16.8 Å². The van der Waals surface area contributed by atoms with Crippen molar-refractivity contribution in [3.05, 3.63) is 63.5 Å². The molecule has 2 aromatic carbocycles. The van der Waals surface area contributed by atoms with Crippen molar-refractivity contribution in [3.63, 3.8) is 0 Å². The maximum atomic E-state index is 13.3. The molecule has 5 nitrogen and oxygen atoms in total. The van der Waals surface area contributed by atoms with E-state index in [0.717, 1.165) is 0 Å². The molecule has 6 heteroatoms. The van der Waals surface area contributed by atoms with E-state index in [1.807, 2.05) is 0 Å². The molecule has 2 aromatic rings. The number of phenols is 1. The Labute approximate surface area is 121 Å². The number of rotatable bonds is 4. The van der Waals surface area contributed by atoms with Gasteiger partial charge < -0.3 is 10.4 Å². The maximum Gasteiger partial charge on any atom is 0.269 e. The van der Waals surface area contributed by atoms with Gasteiger partial charge in [-0.05, 0) is 43.7 Å². The van der Waals surface area contributed by atoms with Crippen molar-refractivity contribution in [2.24, 2.45) is 0 Å². The first-order valence-electron chi connectivity index (χ1n) is 6.38. The van der Waals surface area contributed by atoms with Crippen LogP contribution in [0.3, 0.4) is 0 Å². The van der Waals surface area contributed by atoms with E-state index in [-0.39, 0.29) is 17.5 Å². The number of benzene rings is 2. The fraction of sp³-hybridized carbons (Fsp3) is 0.200. The maximum absolute atomic E-state index is 13.3. The predicted octanol–water partition coefficient (Wildman–Crippen LogP) is 3.92. The molecular formula is C15H15FN2O3. The van der Waals surface area contributed by atoms with Crippen LogP contribution in [0.25, 0.3) is 0 Å². The van der Waals surface area contributed by atoms with E-state index in [1.165, 1.54) is 30.3 Å². The van der Waals surface area contributed by atoms with Crippen LogP contribution in [0.2, 0.25) is 0 Å². The molecule has 0 saturated heterocycles. The van der Waals surface area contributed by atoms with Gasteiger partial charge in [-0.1, -0.05) is 0 Å². The Hall–Kier alpha value is -2.63. The molecule has 0 aliphatic heterocycles. The lowest BCUT2D eigenvalue weighted by Gasteiger charge is -2.18. The number of halogens is 1. The largest absolute Gasteiger partial charge is 0.508 e. The summed E-state index contributed by atoms with van der Waals surface area (Å²) in [6.07, 6.45) is 0. The van der Waals surface area contributed by atoms with Crippen LogP contribution < -0.4 is 5.32 Å². The number of nitro benzene ring substituents is 1. The summed E-state index contributed by atoms with van der Waals surface area (Å²) >= 11 is 0. The number of aromatic hydroxyl groups is 1. The second-order valence-electron chi connectivity index (χ2n) is 4.83. The van der Waals surface area contributed by atoms with Crippen LogP contribution >= 0.6 is 0 Å². The van der Waals surface area contributed by atoms with Crippen LogP contribution in [0.1, 0.15) is 24.1 Å². The lowest BCUT2D eigenvalue weighted by Crippen LogP contribution is -2.08. The highest BCUT2D eigenvalue weighted by Crippen LogP contribution is 2.29. The molecule has 1 unspecified atom stereocenters. The summed E-state index contributed by atoms with van der Waals surface area (Å²) in [7, 11) is 0. The minimum Gasteiger partial charge on any atom is -0.508 e. The van der Waals surface area contributed by atoms with Crippen LogP contribution in [0.15, 0.2) is 36.4 Å². The Morgan fingerprint density at radius 2 is 2.00 bits per heavy atom. The number of nitrogens with zero attached hydrogens (tertiary/aromatic N) is 1. The second kappa shape index (κ2) is 5.78. The number of non-ortho nitro benzene ring substituents is 1. The average molecular weight is 290 g/mol. The molecular weight excluding hydrogens is 275 g/mol. The zero-order valence-electron chi connectivity index (χ0n) is 11.6. The van der Waals surface area contributed by atoms with Crippen LogP contribution in [0, 0.1) is 22.9 Å². The SMILES string of the molecule is Cc1cc([N+](=O)[O-])ccc1NC(C)c1cc(F)ccc1O. The standard InChI is InChI=1S/C15H15FN2O3/c1-9-7-12(18(20)21)4-5-14(9)17-10(2)13-8-11(16)3-6-15(13)19/h3-8,10,17,19H,1-2H3. The van der Waals surface area contributed by atoms with Crippen molar-refractivity contribution in [3.8, 4) is 5.75 Å². The minimum atomic E-state index is -0.460. The summed E-state index contributed by atoms with van der Waals surface area (Å²) in [5, 5.41) is 23.6. The van der Waals surface area contributed by atoms with Gasteiger partial charge in [0.25, 0.3) is 5.69 Å². The number of hydrogen-bond donors (Lipinski definition) is 2. The normalized spacial score (nSPS) is 12.0. The Morgan fingerprint density at radius 3 is 2.62 bits per heavy atom. The number of nitrogens with one attached hydrogen (secondary N) is 1. The van der Waals surface area contributed by atoms with Gasteiger partial charge in [0, 0.05) is 23.4 Å². The van der Waals surface area contributed by atoms with Gasteiger partial charge in [-0.3, -0.25) is 10.1 Å². The van der Waals surface area contributed by atoms with E-state index in [2.05, 4.69) is 5.32 Å². The molecule has 0 saturated carbocycles. The van der Waals surface area contributed by atoms with E-state index >= 15 is 0 Å². The third-order valence-electron chi connectivity index (χ3n) is 3.25. The van der Waals surface area contributed by atoms with Crippen LogP contribution in [-0.2, 0) is 0 Å². The van der Waals surface area contributed by atoms with Gasteiger partial charge in [0.05, 0.1) is 11.0 Å². The molecule has 0 amide bonds. The Kier molecular flexibility index (Phi) is 4.07. The van der Waals surface area contributed by atoms with E-state index in [9.17, 15) is 19.6 Å². The first-order chi connectivity index (χ1) is 9.88. The second-order valence-corrected chi connectivity index (χ2v) is 4.83. The van der Waals surface area contributed by atoms with Crippen molar-refractivity contribution in [2.75, 3.05) is 5.32 Å². The molecule has 0 spiro atoms. The molecule has 0 aliphatic rings. The van der Waals surface area contributed by atoms with Crippen molar-refractivity contribution in [1.82, 2.24) is 0 Å². The molecule has 0 aliphatic carbocycles. The molecule has 0 fully saturated rings. The molecule has 2 N–H and O–H groups in total. The summed E-state index contributed by atoms with van der Waals surface area (Å²) in [6, 6.07) is 7.84. The molecule has 1 atom stereocenters. The zero-order chi connectivity index (χ0) is 15.6. The summed E-state index contributed by atoms with van der Waals surface area (Å²) in [6.45, 7) is 3.52. The molecule has 0 aromatic heterocycles. The first-order valence-corrected chi connectivity index (χ1v) is 6.38. The smallest absolute Gasteiger partial charge is 0.269 e. The van der Waals surface area contributed by atoms with E-state index in [4.69, 9.17) is 0 Å². The highest BCUT2D eigenvalue weighted by atomic mass is 19.1. The van der Waals surface area contributed by atoms with Gasteiger partial charge in [0.1, 0.15) is 11.6 Å². The number of phenolic OH excluding ortho intramolecular Hbond substituents is 1.